The molecule has 0 rings (SSSR count). The average Bonchev–Trinajstić information content (AvgIpc) is 2.49. The molecule has 0 saturated carbocycles. The summed E-state index contributed by atoms with van der Waals surface area (Å²) in [5.41, 5.74) is 0. The van der Waals surface area contributed by atoms with E-state index < -0.39 is 11.9 Å². The summed E-state index contributed by atoms with van der Waals surface area (Å²) in [6.45, 7) is 10.0. The Bertz CT molecular complexity index is 373. The molecule has 0 fully saturated rings. The largest absolute Gasteiger partial charge is 0.349 e. The zero-order valence-corrected chi connectivity index (χ0v) is 17.3. The molecule has 0 aromatic heterocycles. The molecule has 0 amide bonds. The van der Waals surface area contributed by atoms with E-state index in [0.717, 1.165) is 12.8 Å². The molecule has 0 radical (unpaired) electrons. The molecular formula is C16H28O8Ti. The van der Waals surface area contributed by atoms with Gasteiger partial charge >= 0.3 is 11.9 Å². The Morgan fingerprint density at radius 3 is 1.20 bits per heavy atom. The Hall–Kier alpha value is -1.09. The molecule has 0 aliphatic rings. The fourth-order valence-corrected chi connectivity index (χ4v) is 0.873. The molecule has 2 atom stereocenters. The Balaban J connectivity index is -0.000000372. The van der Waals surface area contributed by atoms with Gasteiger partial charge in [0.05, 0.1) is 0 Å². The van der Waals surface area contributed by atoms with Gasteiger partial charge in [-0.05, 0) is 40.5 Å². The van der Waals surface area contributed by atoms with Crippen molar-refractivity contribution in [2.75, 3.05) is 0 Å². The number of hydrogen-bond donors (Lipinski definition) is 0. The van der Waals surface area contributed by atoms with E-state index in [2.05, 4.69) is 19.6 Å². The van der Waals surface area contributed by atoms with Gasteiger partial charge in [-0.1, -0.05) is 13.8 Å². The molecule has 0 spiro atoms. The first kappa shape index (κ1) is 28.7. The molecular weight excluding hydrogens is 368 g/mol. The van der Waals surface area contributed by atoms with E-state index >= 15 is 0 Å². The van der Waals surface area contributed by atoms with Crippen LogP contribution in [0.25, 0.3) is 0 Å². The molecule has 0 saturated heterocycles. The zero-order valence-electron chi connectivity index (χ0n) is 15.7. The van der Waals surface area contributed by atoms with Crippen LogP contribution in [0.15, 0.2) is 0 Å². The molecule has 0 bridgehead atoms. The number of Topliss-reactive ketones (excluding diaryl/α,β-unsaturated/α-hetero) is 2. The van der Waals surface area contributed by atoms with E-state index in [4.69, 9.17) is 0 Å². The standard InChI is InChI=1S/2C8H14O4.Ti/c2*1-4-7(3)11-12-8(10)5-6(2)9;/h2*7H,4-5H2,1-3H3;. The molecule has 8 nitrogen and oxygen atoms in total. The van der Waals surface area contributed by atoms with Crippen LogP contribution in [0.1, 0.15) is 67.2 Å². The first-order chi connectivity index (χ1) is 11.1. The van der Waals surface area contributed by atoms with Crippen molar-refractivity contribution < 1.29 is 60.4 Å². The van der Waals surface area contributed by atoms with E-state index in [1.807, 2.05) is 13.8 Å². The Morgan fingerprint density at radius 1 is 0.720 bits per heavy atom. The maximum atomic E-state index is 10.7. The summed E-state index contributed by atoms with van der Waals surface area (Å²) in [6, 6.07) is 0. The van der Waals surface area contributed by atoms with Crippen molar-refractivity contribution in [2.45, 2.75) is 79.4 Å². The van der Waals surface area contributed by atoms with Crippen LogP contribution in [0.4, 0.5) is 0 Å². The summed E-state index contributed by atoms with van der Waals surface area (Å²) >= 11 is 0. The minimum Gasteiger partial charge on any atom is -0.299 e. The second-order valence-corrected chi connectivity index (χ2v) is 5.30. The molecule has 0 aromatic rings. The van der Waals surface area contributed by atoms with E-state index in [0.29, 0.717) is 0 Å². The van der Waals surface area contributed by atoms with Crippen LogP contribution in [0, 0.1) is 0 Å². The molecule has 0 aromatic carbocycles. The average molecular weight is 396 g/mol. The summed E-state index contributed by atoms with van der Waals surface area (Å²) < 4.78 is 0. The summed E-state index contributed by atoms with van der Waals surface area (Å²) in [7, 11) is 0. The number of hydrogen-bond acceptors (Lipinski definition) is 8. The SMILES string of the molecule is CCC(C)OOC(=O)CC(C)=O.CCC(C)OOC(=O)CC(C)=O.[Ti]. The number of carbonyl (C=O) groups excluding carboxylic acids is 4. The van der Waals surface area contributed by atoms with E-state index in [9.17, 15) is 19.2 Å². The summed E-state index contributed by atoms with van der Waals surface area (Å²) in [5, 5.41) is 0. The quantitative estimate of drug-likeness (QED) is 0.240. The van der Waals surface area contributed by atoms with Crippen LogP contribution >= 0.6 is 0 Å². The van der Waals surface area contributed by atoms with Crippen LogP contribution in [0.2, 0.25) is 0 Å². The van der Waals surface area contributed by atoms with Gasteiger partial charge in [0.15, 0.2) is 0 Å². The van der Waals surface area contributed by atoms with Crippen molar-refractivity contribution in [3.8, 4) is 0 Å². The smallest absolute Gasteiger partial charge is 0.299 e. The van der Waals surface area contributed by atoms with Crippen molar-refractivity contribution in [2.24, 2.45) is 0 Å². The van der Waals surface area contributed by atoms with Gasteiger partial charge < -0.3 is 0 Å². The first-order valence-electron chi connectivity index (χ1n) is 7.83. The molecule has 0 aliphatic carbocycles. The van der Waals surface area contributed by atoms with Gasteiger partial charge in [0.25, 0.3) is 0 Å². The third-order valence-corrected chi connectivity index (χ3v) is 2.55. The summed E-state index contributed by atoms with van der Waals surface area (Å²) in [5.74, 6) is -1.73. The van der Waals surface area contributed by atoms with Crippen LogP contribution in [-0.2, 0) is 60.4 Å². The maximum absolute atomic E-state index is 10.7. The molecule has 0 N–H and O–H groups in total. The Kier molecular flexibility index (Phi) is 20.4. The van der Waals surface area contributed by atoms with Gasteiger partial charge in [0.1, 0.15) is 36.6 Å². The van der Waals surface area contributed by atoms with Crippen LogP contribution < -0.4 is 0 Å². The molecule has 0 aliphatic heterocycles. The van der Waals surface area contributed by atoms with Crippen LogP contribution in [0.3, 0.4) is 0 Å². The predicted molar refractivity (Wildman–Crippen MR) is 84.5 cm³/mol. The molecule has 25 heavy (non-hydrogen) atoms. The monoisotopic (exact) mass is 396 g/mol. The van der Waals surface area contributed by atoms with E-state index in [-0.39, 0.29) is 58.3 Å². The Labute approximate surface area is 163 Å². The number of carbonyl (C=O) groups is 4. The van der Waals surface area contributed by atoms with Crippen molar-refractivity contribution in [1.82, 2.24) is 0 Å². The van der Waals surface area contributed by atoms with Crippen molar-refractivity contribution in [3.63, 3.8) is 0 Å². The van der Waals surface area contributed by atoms with Gasteiger partial charge in [-0.2, -0.15) is 9.78 Å². The van der Waals surface area contributed by atoms with Gasteiger partial charge in [0, 0.05) is 21.7 Å². The fourth-order valence-electron chi connectivity index (χ4n) is 0.873. The second kappa shape index (κ2) is 17.7. The predicted octanol–water partition coefficient (Wildman–Crippen LogP) is 2.48. The normalized spacial score (nSPS) is 11.8. The van der Waals surface area contributed by atoms with Crippen molar-refractivity contribution in [1.29, 1.82) is 0 Å². The third-order valence-electron chi connectivity index (χ3n) is 2.55. The minimum absolute atomic E-state index is 0. The molecule has 9 heteroatoms. The number of ketones is 2. The third kappa shape index (κ3) is 22.9. The van der Waals surface area contributed by atoms with Gasteiger partial charge in [-0.25, -0.2) is 9.59 Å². The van der Waals surface area contributed by atoms with Crippen LogP contribution in [0.5, 0.6) is 0 Å². The summed E-state index contributed by atoms with van der Waals surface area (Å²) in [4.78, 5) is 60.2. The topological polar surface area (TPSA) is 105 Å². The fraction of sp³-hybridized carbons (Fsp3) is 0.750. The van der Waals surface area contributed by atoms with Crippen molar-refractivity contribution >= 4 is 23.5 Å². The van der Waals surface area contributed by atoms with Crippen LogP contribution in [-0.4, -0.2) is 35.7 Å². The Morgan fingerprint density at radius 2 is 1.00 bits per heavy atom. The summed E-state index contributed by atoms with van der Waals surface area (Å²) in [6.07, 6.45) is 0.815. The van der Waals surface area contributed by atoms with Crippen molar-refractivity contribution in [3.05, 3.63) is 0 Å². The van der Waals surface area contributed by atoms with Gasteiger partial charge in [0.2, 0.25) is 0 Å². The minimum atomic E-state index is -0.636. The first-order valence-corrected chi connectivity index (χ1v) is 7.83. The molecule has 0 heterocycles. The van der Waals surface area contributed by atoms with Gasteiger partial charge in [-0.15, -0.1) is 0 Å². The van der Waals surface area contributed by atoms with E-state index in [1.54, 1.807) is 13.8 Å². The molecule has 2 unspecified atom stereocenters. The van der Waals surface area contributed by atoms with E-state index in [1.165, 1.54) is 13.8 Å². The zero-order chi connectivity index (χ0) is 19.1. The maximum Gasteiger partial charge on any atom is 0.349 e. The molecule has 144 valence electrons. The second-order valence-electron chi connectivity index (χ2n) is 5.30. The number of rotatable bonds is 10. The van der Waals surface area contributed by atoms with Gasteiger partial charge in [-0.3, -0.25) is 19.4 Å².